The normalized spacial score (nSPS) is 13.0. The number of pyridine rings is 2. The van der Waals surface area contributed by atoms with Crippen LogP contribution in [0.1, 0.15) is 34.2 Å². The SMILES string of the molecule is Cc1cc(C)cc(C(CCc2ccncc2)(NCCc2cccnc2)C(N)=O)c1. The van der Waals surface area contributed by atoms with Gasteiger partial charge in [0.1, 0.15) is 5.54 Å². The minimum atomic E-state index is -0.942. The molecule has 0 aliphatic carbocycles. The first kappa shape index (κ1) is 20.7. The standard InChI is InChI=1S/C24H28N4O/c1-18-14-19(2)16-22(15-18)24(23(25)29,9-5-20-6-11-26-12-7-20)28-13-8-21-4-3-10-27-17-21/h3-4,6-7,10-12,14-17,28H,5,8-9,13H2,1-2H3,(H2,25,29). The molecule has 0 spiro atoms. The summed E-state index contributed by atoms with van der Waals surface area (Å²) in [5.74, 6) is -0.359. The number of carbonyl (C=O) groups is 1. The fraction of sp³-hybridized carbons (Fsp3) is 0.292. The van der Waals surface area contributed by atoms with Crippen LogP contribution in [0.3, 0.4) is 0 Å². The van der Waals surface area contributed by atoms with Crippen LogP contribution in [0.25, 0.3) is 0 Å². The van der Waals surface area contributed by atoms with Crippen molar-refractivity contribution in [3.63, 3.8) is 0 Å². The van der Waals surface area contributed by atoms with Gasteiger partial charge in [0.15, 0.2) is 0 Å². The molecule has 1 amide bonds. The molecule has 150 valence electrons. The monoisotopic (exact) mass is 388 g/mol. The van der Waals surface area contributed by atoms with Gasteiger partial charge in [0.25, 0.3) is 0 Å². The maximum atomic E-state index is 12.8. The molecular weight excluding hydrogens is 360 g/mol. The predicted octanol–water partition coefficient (Wildman–Crippen LogP) is 3.24. The highest BCUT2D eigenvalue weighted by atomic mass is 16.1. The number of rotatable bonds is 9. The molecular formula is C24H28N4O. The highest BCUT2D eigenvalue weighted by Crippen LogP contribution is 2.29. The number of aromatic nitrogens is 2. The number of amides is 1. The lowest BCUT2D eigenvalue weighted by atomic mass is 9.82. The van der Waals surface area contributed by atoms with Crippen LogP contribution in [0.15, 0.2) is 67.3 Å². The molecule has 3 rings (SSSR count). The molecule has 1 atom stereocenters. The van der Waals surface area contributed by atoms with Crippen molar-refractivity contribution >= 4 is 5.91 Å². The van der Waals surface area contributed by atoms with Crippen molar-refractivity contribution in [2.24, 2.45) is 5.73 Å². The van der Waals surface area contributed by atoms with Crippen molar-refractivity contribution in [3.8, 4) is 0 Å². The highest BCUT2D eigenvalue weighted by molar-refractivity contribution is 5.86. The predicted molar refractivity (Wildman–Crippen MR) is 115 cm³/mol. The van der Waals surface area contributed by atoms with Gasteiger partial charge in [-0.1, -0.05) is 35.4 Å². The third kappa shape index (κ3) is 5.27. The molecule has 0 saturated carbocycles. The Bertz CT molecular complexity index is 923. The van der Waals surface area contributed by atoms with Gasteiger partial charge in [-0.25, -0.2) is 0 Å². The van der Waals surface area contributed by atoms with Gasteiger partial charge in [-0.2, -0.15) is 0 Å². The van der Waals surface area contributed by atoms with E-state index in [9.17, 15) is 4.79 Å². The molecule has 0 radical (unpaired) electrons. The summed E-state index contributed by atoms with van der Waals surface area (Å²) in [6.45, 7) is 4.71. The number of primary amides is 1. The lowest BCUT2D eigenvalue weighted by Gasteiger charge is -2.33. The Labute approximate surface area is 172 Å². The lowest BCUT2D eigenvalue weighted by Crippen LogP contribution is -2.53. The van der Waals surface area contributed by atoms with Gasteiger partial charge in [0.2, 0.25) is 5.91 Å². The summed E-state index contributed by atoms with van der Waals surface area (Å²) in [4.78, 5) is 21.1. The number of carbonyl (C=O) groups excluding carboxylic acids is 1. The average molecular weight is 389 g/mol. The van der Waals surface area contributed by atoms with E-state index in [1.54, 1.807) is 18.6 Å². The van der Waals surface area contributed by atoms with Crippen LogP contribution in [-0.2, 0) is 23.2 Å². The first-order valence-electron chi connectivity index (χ1n) is 9.91. The Balaban J connectivity index is 1.89. The van der Waals surface area contributed by atoms with Crippen molar-refractivity contribution in [3.05, 3.63) is 95.1 Å². The van der Waals surface area contributed by atoms with Crippen LogP contribution in [0.4, 0.5) is 0 Å². The summed E-state index contributed by atoms with van der Waals surface area (Å²) < 4.78 is 0. The number of hydrogen-bond donors (Lipinski definition) is 2. The molecule has 0 fully saturated rings. The molecule has 2 aromatic heterocycles. The summed E-state index contributed by atoms with van der Waals surface area (Å²) >= 11 is 0. The van der Waals surface area contributed by atoms with Crippen molar-refractivity contribution in [2.75, 3.05) is 6.54 Å². The number of hydrogen-bond acceptors (Lipinski definition) is 4. The maximum Gasteiger partial charge on any atom is 0.242 e. The van der Waals surface area contributed by atoms with Gasteiger partial charge in [-0.15, -0.1) is 0 Å². The van der Waals surface area contributed by atoms with E-state index < -0.39 is 5.54 Å². The van der Waals surface area contributed by atoms with E-state index >= 15 is 0 Å². The average Bonchev–Trinajstić information content (AvgIpc) is 2.71. The van der Waals surface area contributed by atoms with E-state index in [1.807, 2.05) is 44.3 Å². The second-order valence-corrected chi connectivity index (χ2v) is 7.54. The van der Waals surface area contributed by atoms with E-state index in [0.29, 0.717) is 13.0 Å². The molecule has 29 heavy (non-hydrogen) atoms. The third-order valence-electron chi connectivity index (χ3n) is 5.24. The van der Waals surface area contributed by atoms with Gasteiger partial charge in [0.05, 0.1) is 0 Å². The molecule has 0 saturated heterocycles. The number of aryl methyl sites for hydroxylation is 3. The van der Waals surface area contributed by atoms with Crippen LogP contribution in [0.2, 0.25) is 0 Å². The fourth-order valence-electron chi connectivity index (χ4n) is 3.76. The molecule has 1 aromatic carbocycles. The molecule has 1 unspecified atom stereocenters. The van der Waals surface area contributed by atoms with E-state index in [-0.39, 0.29) is 5.91 Å². The van der Waals surface area contributed by atoms with E-state index in [4.69, 9.17) is 5.73 Å². The van der Waals surface area contributed by atoms with Crippen molar-refractivity contribution in [1.29, 1.82) is 0 Å². The van der Waals surface area contributed by atoms with Crippen molar-refractivity contribution in [2.45, 2.75) is 38.6 Å². The van der Waals surface area contributed by atoms with E-state index in [0.717, 1.165) is 40.7 Å². The van der Waals surface area contributed by atoms with Crippen molar-refractivity contribution in [1.82, 2.24) is 15.3 Å². The topological polar surface area (TPSA) is 80.9 Å². The zero-order chi connectivity index (χ0) is 20.7. The van der Waals surface area contributed by atoms with Gasteiger partial charge in [-0.05, 0) is 68.0 Å². The van der Waals surface area contributed by atoms with Crippen LogP contribution in [0.5, 0.6) is 0 Å². The maximum absolute atomic E-state index is 12.8. The Morgan fingerprint density at radius 1 is 0.966 bits per heavy atom. The molecule has 5 nitrogen and oxygen atoms in total. The summed E-state index contributed by atoms with van der Waals surface area (Å²) in [5, 5.41) is 3.50. The molecule has 3 N–H and O–H groups in total. The second-order valence-electron chi connectivity index (χ2n) is 7.54. The van der Waals surface area contributed by atoms with Crippen LogP contribution >= 0.6 is 0 Å². The first-order chi connectivity index (χ1) is 14.0. The highest BCUT2D eigenvalue weighted by Gasteiger charge is 2.38. The molecule has 2 heterocycles. The fourth-order valence-corrected chi connectivity index (χ4v) is 3.76. The van der Waals surface area contributed by atoms with E-state index in [1.165, 1.54) is 0 Å². The number of nitrogens with zero attached hydrogens (tertiary/aromatic N) is 2. The summed E-state index contributed by atoms with van der Waals surface area (Å²) in [7, 11) is 0. The summed E-state index contributed by atoms with van der Waals surface area (Å²) in [6, 6.07) is 14.1. The Morgan fingerprint density at radius 3 is 2.31 bits per heavy atom. The molecule has 5 heteroatoms. The second kappa shape index (κ2) is 9.43. The quantitative estimate of drug-likeness (QED) is 0.590. The minimum Gasteiger partial charge on any atom is -0.368 e. The summed E-state index contributed by atoms with van der Waals surface area (Å²) in [6.07, 6.45) is 9.21. The van der Waals surface area contributed by atoms with Gasteiger partial charge < -0.3 is 5.73 Å². The van der Waals surface area contributed by atoms with Crippen LogP contribution < -0.4 is 11.1 Å². The largest absolute Gasteiger partial charge is 0.368 e. The van der Waals surface area contributed by atoms with Crippen LogP contribution in [-0.4, -0.2) is 22.4 Å². The van der Waals surface area contributed by atoms with Gasteiger partial charge in [0, 0.05) is 31.3 Å². The Morgan fingerprint density at radius 2 is 1.69 bits per heavy atom. The Kier molecular flexibility index (Phi) is 6.73. The molecule has 3 aromatic rings. The zero-order valence-corrected chi connectivity index (χ0v) is 17.1. The molecule has 0 aliphatic heterocycles. The smallest absolute Gasteiger partial charge is 0.242 e. The van der Waals surface area contributed by atoms with Crippen LogP contribution in [0, 0.1) is 13.8 Å². The zero-order valence-electron chi connectivity index (χ0n) is 17.1. The number of nitrogens with one attached hydrogen (secondary N) is 1. The van der Waals surface area contributed by atoms with Gasteiger partial charge >= 0.3 is 0 Å². The molecule has 0 aliphatic rings. The number of nitrogens with two attached hydrogens (primary N) is 1. The minimum absolute atomic E-state index is 0.359. The Hall–Kier alpha value is -3.05. The van der Waals surface area contributed by atoms with Crippen molar-refractivity contribution < 1.29 is 4.79 Å². The first-order valence-corrected chi connectivity index (χ1v) is 9.91. The van der Waals surface area contributed by atoms with E-state index in [2.05, 4.69) is 33.5 Å². The number of benzene rings is 1. The lowest BCUT2D eigenvalue weighted by molar-refractivity contribution is -0.125. The third-order valence-corrected chi connectivity index (χ3v) is 5.24. The van der Waals surface area contributed by atoms with Gasteiger partial charge in [-0.3, -0.25) is 20.1 Å². The molecule has 0 bridgehead atoms. The summed E-state index contributed by atoms with van der Waals surface area (Å²) in [5.41, 5.74) is 10.5.